The van der Waals surface area contributed by atoms with Crippen molar-refractivity contribution < 1.29 is 13.8 Å². The predicted molar refractivity (Wildman–Crippen MR) is 54.6 cm³/mol. The summed E-state index contributed by atoms with van der Waals surface area (Å²) in [5.41, 5.74) is 2.71. The fraction of sp³-hybridized carbons (Fsp3) is 0.800. The van der Waals surface area contributed by atoms with Gasteiger partial charge in [0.2, 0.25) is 11.6 Å². The summed E-state index contributed by atoms with van der Waals surface area (Å²) in [5, 5.41) is -0.379. The SMILES string of the molecule is COP(=S)(OC)SC(C)C(N)=O. The molecule has 4 nitrogen and oxygen atoms in total. The molecule has 0 saturated heterocycles. The quantitative estimate of drug-likeness (QED) is 0.715. The summed E-state index contributed by atoms with van der Waals surface area (Å²) in [6.45, 7) is 1.67. The van der Waals surface area contributed by atoms with Gasteiger partial charge in [-0.05, 0) is 18.7 Å². The Bertz CT molecular complexity index is 203. The highest BCUT2D eigenvalue weighted by atomic mass is 32.9. The molecule has 7 heteroatoms. The van der Waals surface area contributed by atoms with Crippen LogP contribution in [0, 0.1) is 0 Å². The third kappa shape index (κ3) is 3.87. The third-order valence-electron chi connectivity index (χ3n) is 1.14. The molecule has 0 aromatic heterocycles. The maximum atomic E-state index is 10.7. The van der Waals surface area contributed by atoms with Crippen molar-refractivity contribution in [3.63, 3.8) is 0 Å². The van der Waals surface area contributed by atoms with Crippen LogP contribution in [0.15, 0.2) is 0 Å². The van der Waals surface area contributed by atoms with E-state index in [4.69, 9.17) is 26.6 Å². The number of rotatable bonds is 5. The summed E-state index contributed by atoms with van der Waals surface area (Å²) in [5.74, 6) is -0.414. The number of amides is 1. The van der Waals surface area contributed by atoms with E-state index in [2.05, 4.69) is 0 Å². The Morgan fingerprint density at radius 3 is 2.25 bits per heavy atom. The normalized spacial score (nSPS) is 14.2. The van der Waals surface area contributed by atoms with Crippen LogP contribution in [0.25, 0.3) is 0 Å². The first-order valence-electron chi connectivity index (χ1n) is 3.14. The number of hydrogen-bond donors (Lipinski definition) is 1. The standard InChI is InChI=1S/C5H12NO3PS2/c1-4(5(6)7)12-10(11,8-2)9-3/h4H,1-3H3,(H2,6,7). The van der Waals surface area contributed by atoms with Gasteiger partial charge in [0.25, 0.3) is 0 Å². The highest BCUT2D eigenvalue weighted by Crippen LogP contribution is 2.61. The van der Waals surface area contributed by atoms with Crippen LogP contribution >= 0.6 is 17.1 Å². The molecule has 0 heterocycles. The van der Waals surface area contributed by atoms with Crippen molar-refractivity contribution in [3.05, 3.63) is 0 Å². The van der Waals surface area contributed by atoms with Gasteiger partial charge in [-0.1, -0.05) is 11.4 Å². The molecule has 2 N–H and O–H groups in total. The number of hydrogen-bond acceptors (Lipinski definition) is 5. The Kier molecular flexibility index (Phi) is 5.36. The molecule has 0 bridgehead atoms. The molecular weight excluding hydrogens is 217 g/mol. The first-order valence-corrected chi connectivity index (χ1v) is 7.26. The highest BCUT2D eigenvalue weighted by molar-refractivity contribution is 8.68. The molecule has 0 rings (SSSR count). The van der Waals surface area contributed by atoms with Crippen LogP contribution in [0.5, 0.6) is 0 Å². The molecule has 0 aliphatic carbocycles. The zero-order valence-electron chi connectivity index (χ0n) is 7.14. The minimum absolute atomic E-state index is 0.379. The lowest BCUT2D eigenvalue weighted by Crippen LogP contribution is -2.22. The van der Waals surface area contributed by atoms with E-state index >= 15 is 0 Å². The zero-order chi connectivity index (χ0) is 9.78. The Labute approximate surface area is 81.1 Å². The minimum Gasteiger partial charge on any atom is -0.369 e. The number of carbonyl (C=O) groups is 1. The van der Waals surface area contributed by atoms with Crippen molar-refractivity contribution in [2.75, 3.05) is 14.2 Å². The summed E-state index contributed by atoms with van der Waals surface area (Å²) >= 11 is 6.18. The Morgan fingerprint density at radius 2 is 2.00 bits per heavy atom. The summed E-state index contributed by atoms with van der Waals surface area (Å²) in [6, 6.07) is 0. The van der Waals surface area contributed by atoms with Gasteiger partial charge in [0.15, 0.2) is 0 Å². The van der Waals surface area contributed by atoms with Crippen LogP contribution < -0.4 is 5.73 Å². The second-order valence-corrected chi connectivity index (χ2v) is 8.72. The van der Waals surface area contributed by atoms with Crippen LogP contribution in [0.1, 0.15) is 6.92 Å². The minimum atomic E-state index is -2.34. The number of nitrogens with two attached hydrogens (primary N) is 1. The van der Waals surface area contributed by atoms with Crippen LogP contribution in [0.3, 0.4) is 0 Å². The monoisotopic (exact) mass is 229 g/mol. The lowest BCUT2D eigenvalue weighted by atomic mass is 10.5. The van der Waals surface area contributed by atoms with E-state index in [-0.39, 0.29) is 5.25 Å². The number of primary amides is 1. The molecule has 0 aromatic carbocycles. The van der Waals surface area contributed by atoms with Gasteiger partial charge in [-0.15, -0.1) is 0 Å². The van der Waals surface area contributed by atoms with Gasteiger partial charge in [0.1, 0.15) is 0 Å². The van der Waals surface area contributed by atoms with Crippen molar-refractivity contribution in [2.45, 2.75) is 12.2 Å². The highest BCUT2D eigenvalue weighted by Gasteiger charge is 2.23. The Balaban J connectivity index is 4.22. The van der Waals surface area contributed by atoms with Crippen LogP contribution in [-0.2, 0) is 25.6 Å². The molecule has 0 radical (unpaired) electrons. The molecule has 1 amide bonds. The molecule has 0 aromatic rings. The van der Waals surface area contributed by atoms with Gasteiger partial charge in [0.05, 0.1) is 5.25 Å². The van der Waals surface area contributed by atoms with Crippen molar-refractivity contribution in [1.82, 2.24) is 0 Å². The van der Waals surface area contributed by atoms with Gasteiger partial charge >= 0.3 is 0 Å². The first kappa shape index (κ1) is 12.4. The summed E-state index contributed by atoms with van der Waals surface area (Å²) in [7, 11) is 2.93. The second-order valence-electron chi connectivity index (χ2n) is 1.96. The van der Waals surface area contributed by atoms with E-state index < -0.39 is 11.6 Å². The molecule has 0 spiro atoms. The fourth-order valence-electron chi connectivity index (χ4n) is 0.406. The lowest BCUT2D eigenvalue weighted by Gasteiger charge is -2.18. The topological polar surface area (TPSA) is 61.6 Å². The van der Waals surface area contributed by atoms with Crippen molar-refractivity contribution >= 4 is 34.8 Å². The fourth-order valence-corrected chi connectivity index (χ4v) is 4.37. The van der Waals surface area contributed by atoms with E-state index in [0.29, 0.717) is 0 Å². The molecule has 0 aliphatic heterocycles. The van der Waals surface area contributed by atoms with E-state index in [9.17, 15) is 4.79 Å². The smallest absolute Gasteiger partial charge is 0.247 e. The average Bonchev–Trinajstić information content (AvgIpc) is 2.04. The maximum absolute atomic E-state index is 10.7. The Morgan fingerprint density at radius 1 is 1.58 bits per heavy atom. The summed E-state index contributed by atoms with van der Waals surface area (Å²) < 4.78 is 9.93. The molecule has 1 atom stereocenters. The van der Waals surface area contributed by atoms with E-state index in [0.717, 1.165) is 11.4 Å². The lowest BCUT2D eigenvalue weighted by molar-refractivity contribution is -0.117. The van der Waals surface area contributed by atoms with Crippen molar-refractivity contribution in [2.24, 2.45) is 5.73 Å². The van der Waals surface area contributed by atoms with Crippen LogP contribution in [0.4, 0.5) is 0 Å². The molecular formula is C5H12NO3PS2. The molecule has 12 heavy (non-hydrogen) atoms. The Hall–Kier alpha value is 0.390. The van der Waals surface area contributed by atoms with Crippen molar-refractivity contribution in [1.29, 1.82) is 0 Å². The largest absolute Gasteiger partial charge is 0.369 e. The molecule has 0 fully saturated rings. The molecule has 1 unspecified atom stereocenters. The van der Waals surface area contributed by atoms with E-state index in [1.165, 1.54) is 14.2 Å². The summed E-state index contributed by atoms with van der Waals surface area (Å²) in [4.78, 5) is 10.7. The van der Waals surface area contributed by atoms with Gasteiger partial charge in [-0.25, -0.2) is 0 Å². The first-order chi connectivity index (χ1) is 5.45. The number of carbonyl (C=O) groups excluding carboxylic acids is 1. The van der Waals surface area contributed by atoms with Gasteiger partial charge in [-0.3, -0.25) is 4.79 Å². The average molecular weight is 229 g/mol. The van der Waals surface area contributed by atoms with Gasteiger partial charge in [-0.2, -0.15) is 0 Å². The molecule has 0 aliphatic rings. The van der Waals surface area contributed by atoms with E-state index in [1.54, 1.807) is 6.92 Å². The van der Waals surface area contributed by atoms with Gasteiger partial charge in [0, 0.05) is 14.2 Å². The van der Waals surface area contributed by atoms with E-state index in [1.807, 2.05) is 0 Å². The molecule has 72 valence electrons. The van der Waals surface area contributed by atoms with Gasteiger partial charge < -0.3 is 14.8 Å². The maximum Gasteiger partial charge on any atom is 0.247 e. The van der Waals surface area contributed by atoms with Crippen LogP contribution in [0.2, 0.25) is 0 Å². The zero-order valence-corrected chi connectivity index (χ0v) is 9.67. The second kappa shape index (κ2) is 5.19. The van der Waals surface area contributed by atoms with Crippen LogP contribution in [-0.4, -0.2) is 25.4 Å². The molecule has 0 saturated carbocycles. The van der Waals surface area contributed by atoms with Crippen molar-refractivity contribution in [3.8, 4) is 0 Å². The summed E-state index contributed by atoms with van der Waals surface area (Å²) in [6.07, 6.45) is 0. The third-order valence-corrected chi connectivity index (χ3v) is 7.12. The predicted octanol–water partition coefficient (Wildman–Crippen LogP) is 1.11.